The fraction of sp³-hybridized carbons (Fsp3) is 0.500. The molecular formula is C14H20NO2+. The number of rotatable bonds is 3. The topological polar surface area (TPSA) is 42.9 Å². The Morgan fingerprint density at radius 1 is 1.29 bits per heavy atom. The molecule has 1 fully saturated rings. The van der Waals surface area contributed by atoms with Crippen molar-refractivity contribution in [1.29, 1.82) is 0 Å². The summed E-state index contributed by atoms with van der Waals surface area (Å²) >= 11 is 0. The van der Waals surface area contributed by atoms with E-state index in [2.05, 4.69) is 5.32 Å². The third-order valence-corrected chi connectivity index (χ3v) is 3.54. The van der Waals surface area contributed by atoms with E-state index in [9.17, 15) is 4.79 Å². The third-order valence-electron chi connectivity index (χ3n) is 3.54. The maximum Gasteiger partial charge on any atom is 0.317 e. The Morgan fingerprint density at radius 2 is 1.94 bits per heavy atom. The van der Waals surface area contributed by atoms with E-state index < -0.39 is 5.41 Å². The number of quaternary nitrogens is 1. The summed E-state index contributed by atoms with van der Waals surface area (Å²) in [4.78, 5) is 12.3. The van der Waals surface area contributed by atoms with E-state index in [1.807, 2.05) is 37.3 Å². The van der Waals surface area contributed by atoms with E-state index in [0.29, 0.717) is 6.61 Å². The second kappa shape index (κ2) is 5.32. The van der Waals surface area contributed by atoms with Gasteiger partial charge in [-0.2, -0.15) is 0 Å². The SMILES string of the molecule is CCOC(=O)C1(c2ccccc2)CC[NH2+]CC1. The van der Waals surface area contributed by atoms with Crippen LogP contribution >= 0.6 is 0 Å². The average molecular weight is 234 g/mol. The van der Waals surface area contributed by atoms with E-state index >= 15 is 0 Å². The van der Waals surface area contributed by atoms with Gasteiger partial charge in [0.15, 0.2) is 0 Å². The zero-order valence-corrected chi connectivity index (χ0v) is 10.3. The summed E-state index contributed by atoms with van der Waals surface area (Å²) in [5.74, 6) is -0.0562. The summed E-state index contributed by atoms with van der Waals surface area (Å²) in [5, 5.41) is 2.26. The average Bonchev–Trinajstić information content (AvgIpc) is 2.41. The predicted molar refractivity (Wildman–Crippen MR) is 65.6 cm³/mol. The van der Waals surface area contributed by atoms with E-state index in [1.54, 1.807) is 0 Å². The van der Waals surface area contributed by atoms with Crippen molar-refractivity contribution in [3.05, 3.63) is 35.9 Å². The van der Waals surface area contributed by atoms with E-state index in [1.165, 1.54) is 0 Å². The number of benzene rings is 1. The lowest BCUT2D eigenvalue weighted by Gasteiger charge is -2.33. The quantitative estimate of drug-likeness (QED) is 0.788. The molecule has 1 heterocycles. The third kappa shape index (κ3) is 2.34. The Labute approximate surface area is 102 Å². The van der Waals surface area contributed by atoms with Crippen LogP contribution in [0.2, 0.25) is 0 Å². The number of ether oxygens (including phenoxy) is 1. The lowest BCUT2D eigenvalue weighted by Crippen LogP contribution is -2.87. The molecule has 17 heavy (non-hydrogen) atoms. The fourth-order valence-electron chi connectivity index (χ4n) is 2.60. The molecule has 2 rings (SSSR count). The maximum atomic E-state index is 12.3. The first kappa shape index (κ1) is 12.1. The molecule has 1 aromatic rings. The Hall–Kier alpha value is -1.35. The van der Waals surface area contributed by atoms with Gasteiger partial charge in [0, 0.05) is 12.8 Å². The van der Waals surface area contributed by atoms with Crippen LogP contribution in [0, 0.1) is 0 Å². The number of piperidine rings is 1. The molecule has 0 amide bonds. The van der Waals surface area contributed by atoms with Gasteiger partial charge >= 0.3 is 5.97 Å². The van der Waals surface area contributed by atoms with Crippen LogP contribution in [0.25, 0.3) is 0 Å². The lowest BCUT2D eigenvalue weighted by molar-refractivity contribution is -0.664. The molecule has 92 valence electrons. The molecule has 0 radical (unpaired) electrons. The highest BCUT2D eigenvalue weighted by Gasteiger charge is 2.43. The summed E-state index contributed by atoms with van der Waals surface area (Å²) in [6.45, 7) is 4.31. The minimum atomic E-state index is -0.411. The molecule has 2 N–H and O–H groups in total. The van der Waals surface area contributed by atoms with Crippen molar-refractivity contribution in [1.82, 2.24) is 0 Å². The van der Waals surface area contributed by atoms with Gasteiger partial charge in [-0.05, 0) is 12.5 Å². The lowest BCUT2D eigenvalue weighted by atomic mass is 9.73. The molecule has 1 aliphatic rings. The van der Waals surface area contributed by atoms with Gasteiger partial charge in [-0.25, -0.2) is 0 Å². The van der Waals surface area contributed by atoms with Crippen molar-refractivity contribution in [2.24, 2.45) is 0 Å². The van der Waals surface area contributed by atoms with Crippen LogP contribution in [0.3, 0.4) is 0 Å². The van der Waals surface area contributed by atoms with E-state index in [0.717, 1.165) is 31.5 Å². The fourth-order valence-corrected chi connectivity index (χ4v) is 2.60. The van der Waals surface area contributed by atoms with Crippen molar-refractivity contribution in [3.8, 4) is 0 Å². The Kier molecular flexibility index (Phi) is 3.79. The molecule has 3 nitrogen and oxygen atoms in total. The smallest absolute Gasteiger partial charge is 0.317 e. The molecule has 0 saturated carbocycles. The molecule has 0 atom stereocenters. The maximum absolute atomic E-state index is 12.3. The molecule has 0 unspecified atom stereocenters. The number of hydrogen-bond acceptors (Lipinski definition) is 2. The van der Waals surface area contributed by atoms with Gasteiger partial charge in [-0.15, -0.1) is 0 Å². The van der Waals surface area contributed by atoms with Crippen molar-refractivity contribution < 1.29 is 14.8 Å². The predicted octanol–water partition coefficient (Wildman–Crippen LogP) is 0.845. The number of hydrogen-bond donors (Lipinski definition) is 1. The van der Waals surface area contributed by atoms with E-state index in [-0.39, 0.29) is 5.97 Å². The van der Waals surface area contributed by atoms with Gasteiger partial charge < -0.3 is 10.1 Å². The molecule has 3 heteroatoms. The number of carbonyl (C=O) groups is 1. The van der Waals surface area contributed by atoms with Crippen molar-refractivity contribution in [3.63, 3.8) is 0 Å². The Morgan fingerprint density at radius 3 is 2.53 bits per heavy atom. The Bertz CT molecular complexity index is 369. The van der Waals surface area contributed by atoms with Gasteiger partial charge in [0.1, 0.15) is 5.41 Å². The molecule has 1 aromatic carbocycles. The Balaban J connectivity index is 2.33. The minimum absolute atomic E-state index is 0.0562. The molecule has 1 saturated heterocycles. The van der Waals surface area contributed by atoms with Gasteiger partial charge in [0.05, 0.1) is 19.7 Å². The van der Waals surface area contributed by atoms with E-state index in [4.69, 9.17) is 4.74 Å². The van der Waals surface area contributed by atoms with Gasteiger partial charge in [0.2, 0.25) is 0 Å². The number of esters is 1. The first-order valence-electron chi connectivity index (χ1n) is 6.34. The van der Waals surface area contributed by atoms with Gasteiger partial charge in [-0.1, -0.05) is 30.3 Å². The highest BCUT2D eigenvalue weighted by Crippen LogP contribution is 2.33. The van der Waals surface area contributed by atoms with Crippen LogP contribution < -0.4 is 5.32 Å². The van der Waals surface area contributed by atoms with Crippen LogP contribution in [-0.4, -0.2) is 25.7 Å². The van der Waals surface area contributed by atoms with Crippen LogP contribution in [-0.2, 0) is 14.9 Å². The van der Waals surface area contributed by atoms with Crippen molar-refractivity contribution >= 4 is 5.97 Å². The molecule has 0 bridgehead atoms. The number of carbonyl (C=O) groups excluding carboxylic acids is 1. The van der Waals surface area contributed by atoms with Crippen molar-refractivity contribution in [2.45, 2.75) is 25.2 Å². The summed E-state index contributed by atoms with van der Waals surface area (Å²) in [5.41, 5.74) is 0.693. The summed E-state index contributed by atoms with van der Waals surface area (Å²) in [6.07, 6.45) is 1.74. The first-order valence-corrected chi connectivity index (χ1v) is 6.34. The monoisotopic (exact) mass is 234 g/mol. The molecular weight excluding hydrogens is 214 g/mol. The summed E-state index contributed by atoms with van der Waals surface area (Å²) in [6, 6.07) is 10.1. The highest BCUT2D eigenvalue weighted by molar-refractivity contribution is 5.83. The zero-order chi connectivity index (χ0) is 12.1. The van der Waals surface area contributed by atoms with Crippen LogP contribution in [0.15, 0.2) is 30.3 Å². The summed E-state index contributed by atoms with van der Waals surface area (Å²) < 4.78 is 5.29. The second-order valence-corrected chi connectivity index (χ2v) is 4.53. The zero-order valence-electron chi connectivity index (χ0n) is 10.3. The number of nitrogens with two attached hydrogens (primary N) is 1. The minimum Gasteiger partial charge on any atom is -0.465 e. The van der Waals surface area contributed by atoms with Crippen LogP contribution in [0.5, 0.6) is 0 Å². The van der Waals surface area contributed by atoms with Gasteiger partial charge in [0.25, 0.3) is 0 Å². The summed E-state index contributed by atoms with van der Waals surface area (Å²) in [7, 11) is 0. The molecule has 0 spiro atoms. The molecule has 1 aliphatic heterocycles. The molecule has 0 aromatic heterocycles. The largest absolute Gasteiger partial charge is 0.465 e. The van der Waals surface area contributed by atoms with Gasteiger partial charge in [-0.3, -0.25) is 4.79 Å². The second-order valence-electron chi connectivity index (χ2n) is 4.53. The van der Waals surface area contributed by atoms with Crippen LogP contribution in [0.1, 0.15) is 25.3 Å². The highest BCUT2D eigenvalue weighted by atomic mass is 16.5. The molecule has 0 aliphatic carbocycles. The van der Waals surface area contributed by atoms with Crippen molar-refractivity contribution in [2.75, 3.05) is 19.7 Å². The van der Waals surface area contributed by atoms with Crippen LogP contribution in [0.4, 0.5) is 0 Å². The standard InChI is InChI=1S/C14H19NO2/c1-2-17-13(16)14(8-10-15-11-9-14)12-6-4-3-5-7-12/h3-7,15H,2,8-11H2,1H3/p+1. The first-order chi connectivity index (χ1) is 8.29. The normalized spacial score (nSPS) is 18.6.